The number of carbonyl (C=O) groups excluding carboxylic acids is 1. The van der Waals surface area contributed by atoms with Gasteiger partial charge in [-0.1, -0.05) is 29.8 Å². The average Bonchev–Trinajstić information content (AvgIpc) is 2.55. The van der Waals surface area contributed by atoms with Crippen LogP contribution in [-0.2, 0) is 4.79 Å². The summed E-state index contributed by atoms with van der Waals surface area (Å²) >= 11 is 11.0. The van der Waals surface area contributed by atoms with Crippen molar-refractivity contribution in [2.24, 2.45) is 0 Å². The van der Waals surface area contributed by atoms with E-state index in [-0.39, 0.29) is 17.6 Å². The minimum absolute atomic E-state index is 0.137. The van der Waals surface area contributed by atoms with Crippen molar-refractivity contribution in [3.63, 3.8) is 0 Å². The summed E-state index contributed by atoms with van der Waals surface area (Å²) in [5, 5.41) is 3.87. The molecule has 5 nitrogen and oxygen atoms in total. The number of nitrogens with one attached hydrogen (secondary N) is 3. The molecule has 1 amide bonds. The van der Waals surface area contributed by atoms with Gasteiger partial charge in [0.25, 0.3) is 5.91 Å². The number of carbonyl (C=O) groups is 1. The van der Waals surface area contributed by atoms with Gasteiger partial charge >= 0.3 is 0 Å². The first-order chi connectivity index (χ1) is 11.0. The monoisotopic (exact) mass is 349 g/mol. The number of aryl methyl sites for hydroxylation is 1. The lowest BCUT2D eigenvalue weighted by molar-refractivity contribution is -0.123. The molecule has 0 bridgehead atoms. The number of thiocarbonyl (C=S) groups is 1. The number of anilines is 1. The Morgan fingerprint density at radius 2 is 1.91 bits per heavy atom. The predicted octanol–water partition coefficient (Wildman–Crippen LogP) is 3.05. The quantitative estimate of drug-likeness (QED) is 0.585. The summed E-state index contributed by atoms with van der Waals surface area (Å²) in [6.07, 6.45) is 0. The van der Waals surface area contributed by atoms with Crippen molar-refractivity contribution >= 4 is 40.5 Å². The maximum absolute atomic E-state index is 11.7. The van der Waals surface area contributed by atoms with Gasteiger partial charge in [0.2, 0.25) is 0 Å². The van der Waals surface area contributed by atoms with Crippen LogP contribution in [0.1, 0.15) is 5.56 Å². The number of para-hydroxylation sites is 1. The van der Waals surface area contributed by atoms with Gasteiger partial charge in [-0.3, -0.25) is 15.6 Å². The minimum atomic E-state index is -0.352. The number of hydrogen-bond acceptors (Lipinski definition) is 3. The van der Waals surface area contributed by atoms with E-state index in [1.54, 1.807) is 18.2 Å². The highest BCUT2D eigenvalue weighted by Gasteiger charge is 2.05. The molecule has 0 saturated carbocycles. The van der Waals surface area contributed by atoms with Gasteiger partial charge in [0, 0.05) is 10.7 Å². The third-order valence-electron chi connectivity index (χ3n) is 2.85. The van der Waals surface area contributed by atoms with Crippen molar-refractivity contribution in [1.29, 1.82) is 0 Å². The molecule has 0 atom stereocenters. The second kappa shape index (κ2) is 8.36. The SMILES string of the molecule is Cc1cc(OCC(=O)NNC(=S)Nc2ccccc2)ccc1Cl. The standard InChI is InChI=1S/C16H16ClN3O2S/c1-11-9-13(7-8-14(11)17)22-10-15(21)19-20-16(23)18-12-5-3-2-4-6-12/h2-9H,10H2,1H3,(H,19,21)(H2,18,20,23). The number of benzene rings is 2. The maximum atomic E-state index is 11.7. The largest absolute Gasteiger partial charge is 0.484 e. The molecule has 0 aliphatic heterocycles. The van der Waals surface area contributed by atoms with Crippen LogP contribution in [0.4, 0.5) is 5.69 Å². The number of halogens is 1. The van der Waals surface area contributed by atoms with Crippen LogP contribution in [0, 0.1) is 6.92 Å². The lowest BCUT2D eigenvalue weighted by Gasteiger charge is -2.12. The molecule has 0 aliphatic carbocycles. The molecule has 7 heteroatoms. The van der Waals surface area contributed by atoms with E-state index < -0.39 is 0 Å². The molecule has 0 saturated heterocycles. The first-order valence-electron chi connectivity index (χ1n) is 6.84. The van der Waals surface area contributed by atoms with E-state index in [0.717, 1.165) is 11.3 Å². The molecular formula is C16H16ClN3O2S. The number of hydrazine groups is 1. The van der Waals surface area contributed by atoms with Crippen LogP contribution in [0.25, 0.3) is 0 Å². The Morgan fingerprint density at radius 1 is 1.17 bits per heavy atom. The minimum Gasteiger partial charge on any atom is -0.484 e. The highest BCUT2D eigenvalue weighted by Crippen LogP contribution is 2.20. The van der Waals surface area contributed by atoms with Crippen LogP contribution in [0.5, 0.6) is 5.75 Å². The molecule has 2 aromatic rings. The van der Waals surface area contributed by atoms with Crippen LogP contribution in [0.2, 0.25) is 5.02 Å². The van der Waals surface area contributed by atoms with Crippen LogP contribution in [-0.4, -0.2) is 17.6 Å². The van der Waals surface area contributed by atoms with Crippen molar-refractivity contribution in [3.05, 3.63) is 59.1 Å². The van der Waals surface area contributed by atoms with Crippen LogP contribution >= 0.6 is 23.8 Å². The average molecular weight is 350 g/mol. The first-order valence-corrected chi connectivity index (χ1v) is 7.63. The fraction of sp³-hybridized carbons (Fsp3) is 0.125. The fourth-order valence-corrected chi connectivity index (χ4v) is 1.99. The van der Waals surface area contributed by atoms with Crippen LogP contribution in [0.15, 0.2) is 48.5 Å². The molecule has 2 aromatic carbocycles. The fourth-order valence-electron chi connectivity index (χ4n) is 1.70. The molecule has 0 heterocycles. The van der Waals surface area contributed by atoms with Gasteiger partial charge in [0.1, 0.15) is 5.75 Å². The molecule has 0 aliphatic rings. The van der Waals surface area contributed by atoms with Crippen LogP contribution < -0.4 is 20.9 Å². The molecule has 2 rings (SSSR count). The maximum Gasteiger partial charge on any atom is 0.276 e. The van der Waals surface area contributed by atoms with Crippen molar-refractivity contribution in [2.45, 2.75) is 6.92 Å². The topological polar surface area (TPSA) is 62.4 Å². The summed E-state index contributed by atoms with van der Waals surface area (Å²) < 4.78 is 5.38. The van der Waals surface area contributed by atoms with Crippen molar-refractivity contribution in [1.82, 2.24) is 10.9 Å². The second-order valence-electron chi connectivity index (χ2n) is 4.69. The Bertz CT molecular complexity index is 695. The molecule has 0 spiro atoms. The Morgan fingerprint density at radius 3 is 2.61 bits per heavy atom. The highest BCUT2D eigenvalue weighted by atomic mass is 35.5. The van der Waals surface area contributed by atoms with E-state index in [9.17, 15) is 4.79 Å². The molecule has 0 radical (unpaired) electrons. The van der Waals surface area contributed by atoms with Gasteiger partial charge in [-0.05, 0) is 55.0 Å². The third kappa shape index (κ3) is 5.77. The predicted molar refractivity (Wildman–Crippen MR) is 95.6 cm³/mol. The van der Waals surface area contributed by atoms with Gasteiger partial charge in [0.15, 0.2) is 11.7 Å². The second-order valence-corrected chi connectivity index (χ2v) is 5.51. The zero-order valence-electron chi connectivity index (χ0n) is 12.4. The number of rotatable bonds is 4. The molecule has 3 N–H and O–H groups in total. The summed E-state index contributed by atoms with van der Waals surface area (Å²) in [6, 6.07) is 14.6. The van der Waals surface area contributed by atoms with E-state index in [2.05, 4.69) is 16.2 Å². The number of amides is 1. The molecule has 0 fully saturated rings. The Labute approximate surface area is 145 Å². The molecule has 0 aromatic heterocycles. The highest BCUT2D eigenvalue weighted by molar-refractivity contribution is 7.80. The molecular weight excluding hydrogens is 334 g/mol. The Balaban J connectivity index is 1.72. The molecule has 0 unspecified atom stereocenters. The van der Waals surface area contributed by atoms with E-state index in [1.807, 2.05) is 37.3 Å². The summed E-state index contributed by atoms with van der Waals surface area (Å²) in [7, 11) is 0. The van der Waals surface area contributed by atoms with Gasteiger partial charge in [-0.2, -0.15) is 0 Å². The van der Waals surface area contributed by atoms with E-state index in [0.29, 0.717) is 10.8 Å². The lowest BCUT2D eigenvalue weighted by atomic mass is 10.2. The van der Waals surface area contributed by atoms with E-state index in [1.165, 1.54) is 0 Å². The van der Waals surface area contributed by atoms with Gasteiger partial charge in [-0.15, -0.1) is 0 Å². The smallest absolute Gasteiger partial charge is 0.276 e. The van der Waals surface area contributed by atoms with Crippen molar-refractivity contribution < 1.29 is 9.53 Å². The van der Waals surface area contributed by atoms with Gasteiger partial charge in [0.05, 0.1) is 0 Å². The Hall–Kier alpha value is -2.31. The first kappa shape index (κ1) is 17.1. The normalized spacial score (nSPS) is 9.83. The molecule has 120 valence electrons. The van der Waals surface area contributed by atoms with Gasteiger partial charge in [-0.25, -0.2) is 0 Å². The number of ether oxygens (including phenoxy) is 1. The zero-order chi connectivity index (χ0) is 16.7. The summed E-state index contributed by atoms with van der Waals surface area (Å²) in [5.74, 6) is 0.224. The summed E-state index contributed by atoms with van der Waals surface area (Å²) in [5.41, 5.74) is 6.77. The van der Waals surface area contributed by atoms with E-state index >= 15 is 0 Å². The van der Waals surface area contributed by atoms with Crippen molar-refractivity contribution in [3.8, 4) is 5.75 Å². The summed E-state index contributed by atoms with van der Waals surface area (Å²) in [4.78, 5) is 11.7. The zero-order valence-corrected chi connectivity index (χ0v) is 14.0. The van der Waals surface area contributed by atoms with E-state index in [4.69, 9.17) is 28.6 Å². The van der Waals surface area contributed by atoms with Crippen molar-refractivity contribution in [2.75, 3.05) is 11.9 Å². The lowest BCUT2D eigenvalue weighted by Crippen LogP contribution is -2.45. The number of hydrogen-bond donors (Lipinski definition) is 3. The Kier molecular flexibility index (Phi) is 6.19. The third-order valence-corrected chi connectivity index (χ3v) is 3.47. The van der Waals surface area contributed by atoms with Crippen LogP contribution in [0.3, 0.4) is 0 Å². The molecule has 23 heavy (non-hydrogen) atoms. The summed E-state index contributed by atoms with van der Waals surface area (Å²) in [6.45, 7) is 1.73. The van der Waals surface area contributed by atoms with Gasteiger partial charge < -0.3 is 10.1 Å².